The van der Waals surface area contributed by atoms with Gasteiger partial charge in [0, 0.05) is 10.3 Å². The third kappa shape index (κ3) is 3.26. The molecule has 124 valence electrons. The summed E-state index contributed by atoms with van der Waals surface area (Å²) < 4.78 is 11.2. The van der Waals surface area contributed by atoms with Crippen LogP contribution in [0.15, 0.2) is 57.8 Å². The number of rotatable bonds is 5. The maximum Gasteiger partial charge on any atom is 0.255 e. The Morgan fingerprint density at radius 1 is 1.21 bits per heavy atom. The Hall–Kier alpha value is -2.40. The molecule has 0 saturated heterocycles. The van der Waals surface area contributed by atoms with Gasteiger partial charge in [-0.05, 0) is 43.5 Å². The van der Waals surface area contributed by atoms with Crippen molar-refractivity contribution >= 4 is 28.6 Å². The van der Waals surface area contributed by atoms with Gasteiger partial charge in [0.2, 0.25) is 0 Å². The van der Waals surface area contributed by atoms with Gasteiger partial charge in [0.15, 0.2) is 0 Å². The van der Waals surface area contributed by atoms with E-state index in [2.05, 4.69) is 5.32 Å². The Morgan fingerprint density at radius 2 is 2.00 bits per heavy atom. The smallest absolute Gasteiger partial charge is 0.255 e. The first-order valence-corrected chi connectivity index (χ1v) is 8.86. The molecule has 0 aliphatic carbocycles. The second kappa shape index (κ2) is 7.01. The predicted molar refractivity (Wildman–Crippen MR) is 96.9 cm³/mol. The van der Waals surface area contributed by atoms with E-state index in [-0.39, 0.29) is 11.9 Å². The zero-order valence-electron chi connectivity index (χ0n) is 13.8. The molecule has 5 heteroatoms. The van der Waals surface area contributed by atoms with Crippen LogP contribution < -0.4 is 10.1 Å². The Balaban J connectivity index is 1.81. The lowest BCUT2D eigenvalue weighted by atomic mass is 10.1. The number of hydrogen-bond acceptors (Lipinski definition) is 4. The summed E-state index contributed by atoms with van der Waals surface area (Å²) in [6, 6.07) is 15.1. The molecule has 0 bridgehead atoms. The van der Waals surface area contributed by atoms with Crippen molar-refractivity contribution in [2.45, 2.75) is 17.9 Å². The van der Waals surface area contributed by atoms with Gasteiger partial charge in [0.25, 0.3) is 5.91 Å². The van der Waals surface area contributed by atoms with Gasteiger partial charge in [-0.1, -0.05) is 18.2 Å². The lowest BCUT2D eigenvalue weighted by molar-refractivity contribution is 0.0932. The number of nitrogens with one attached hydrogen (secondary N) is 1. The second-order valence-electron chi connectivity index (χ2n) is 5.45. The monoisotopic (exact) mass is 341 g/mol. The van der Waals surface area contributed by atoms with E-state index >= 15 is 0 Å². The summed E-state index contributed by atoms with van der Waals surface area (Å²) in [6.07, 6.45) is 1.98. The standard InChI is InChI=1S/C19H19NO3S/c1-12(17-10-13-6-4-5-7-16(13)23-17)20-19(21)15-9-8-14(24-3)11-18(15)22-2/h4-12H,1-3H3,(H,20,21). The molecule has 0 saturated carbocycles. The summed E-state index contributed by atoms with van der Waals surface area (Å²) in [5, 5.41) is 3.99. The minimum absolute atomic E-state index is 0.188. The quantitative estimate of drug-likeness (QED) is 0.686. The van der Waals surface area contributed by atoms with Crippen molar-refractivity contribution in [3.05, 3.63) is 59.9 Å². The number of furan rings is 1. The molecule has 1 heterocycles. The highest BCUT2D eigenvalue weighted by Gasteiger charge is 2.18. The van der Waals surface area contributed by atoms with Crippen molar-refractivity contribution in [1.82, 2.24) is 5.32 Å². The largest absolute Gasteiger partial charge is 0.496 e. The fourth-order valence-electron chi connectivity index (χ4n) is 2.55. The predicted octanol–water partition coefficient (Wildman–Crippen LogP) is 4.65. The van der Waals surface area contributed by atoms with Crippen LogP contribution in [0.25, 0.3) is 11.0 Å². The fourth-order valence-corrected chi connectivity index (χ4v) is 2.98. The van der Waals surface area contributed by atoms with Gasteiger partial charge in [-0.25, -0.2) is 0 Å². The van der Waals surface area contributed by atoms with Gasteiger partial charge >= 0.3 is 0 Å². The van der Waals surface area contributed by atoms with E-state index in [9.17, 15) is 4.79 Å². The van der Waals surface area contributed by atoms with Crippen LogP contribution in [0.1, 0.15) is 29.1 Å². The van der Waals surface area contributed by atoms with Crippen LogP contribution in [0.2, 0.25) is 0 Å². The molecule has 0 spiro atoms. The van der Waals surface area contributed by atoms with Gasteiger partial charge in [-0.2, -0.15) is 0 Å². The Labute approximate surface area is 145 Å². The molecule has 1 N–H and O–H groups in total. The summed E-state index contributed by atoms with van der Waals surface area (Å²) in [4.78, 5) is 13.6. The molecule has 3 rings (SSSR count). The van der Waals surface area contributed by atoms with Gasteiger partial charge in [-0.15, -0.1) is 11.8 Å². The molecule has 1 unspecified atom stereocenters. The third-order valence-corrected chi connectivity index (χ3v) is 4.60. The van der Waals surface area contributed by atoms with Gasteiger partial charge in [0.1, 0.15) is 17.1 Å². The van der Waals surface area contributed by atoms with E-state index in [0.29, 0.717) is 11.3 Å². The van der Waals surface area contributed by atoms with Crippen molar-refractivity contribution < 1.29 is 13.9 Å². The number of amides is 1. The summed E-state index contributed by atoms with van der Waals surface area (Å²) in [5.41, 5.74) is 1.33. The average molecular weight is 341 g/mol. The molecule has 0 aliphatic rings. The van der Waals surface area contributed by atoms with Crippen LogP contribution in [0.4, 0.5) is 0 Å². The summed E-state index contributed by atoms with van der Waals surface area (Å²) >= 11 is 1.61. The van der Waals surface area contributed by atoms with Gasteiger partial charge in [-0.3, -0.25) is 4.79 Å². The van der Waals surface area contributed by atoms with E-state index in [4.69, 9.17) is 9.15 Å². The average Bonchev–Trinajstić information content (AvgIpc) is 3.05. The van der Waals surface area contributed by atoms with Crippen LogP contribution in [0.3, 0.4) is 0 Å². The zero-order valence-corrected chi connectivity index (χ0v) is 14.6. The van der Waals surface area contributed by atoms with E-state index in [1.165, 1.54) is 0 Å². The number of thioether (sulfide) groups is 1. The van der Waals surface area contributed by atoms with Gasteiger partial charge < -0.3 is 14.5 Å². The summed E-state index contributed by atoms with van der Waals surface area (Å²) in [6.45, 7) is 1.90. The molecule has 1 amide bonds. The number of hydrogen-bond donors (Lipinski definition) is 1. The highest BCUT2D eigenvalue weighted by Crippen LogP contribution is 2.27. The lowest BCUT2D eigenvalue weighted by Crippen LogP contribution is -2.26. The van der Waals surface area contributed by atoms with Crippen molar-refractivity contribution in [1.29, 1.82) is 0 Å². The first-order chi connectivity index (χ1) is 11.6. The van der Waals surface area contributed by atoms with Crippen molar-refractivity contribution in [3.8, 4) is 5.75 Å². The first kappa shape index (κ1) is 16.5. The number of ether oxygens (including phenoxy) is 1. The highest BCUT2D eigenvalue weighted by molar-refractivity contribution is 7.98. The molecule has 0 fully saturated rings. The molecule has 0 aliphatic heterocycles. The van der Waals surface area contributed by atoms with E-state index in [1.54, 1.807) is 24.9 Å². The number of carbonyl (C=O) groups excluding carboxylic acids is 1. The Kier molecular flexibility index (Phi) is 4.81. The fraction of sp³-hybridized carbons (Fsp3) is 0.211. The van der Waals surface area contributed by atoms with Crippen LogP contribution in [0.5, 0.6) is 5.75 Å². The number of methoxy groups -OCH3 is 1. The Bertz CT molecular complexity index is 839. The van der Waals surface area contributed by atoms with E-state index < -0.39 is 0 Å². The number of para-hydroxylation sites is 1. The maximum atomic E-state index is 12.6. The highest BCUT2D eigenvalue weighted by atomic mass is 32.2. The molecule has 3 aromatic rings. The number of benzene rings is 2. The van der Waals surface area contributed by atoms with E-state index in [0.717, 1.165) is 21.6 Å². The minimum Gasteiger partial charge on any atom is -0.496 e. The number of carbonyl (C=O) groups is 1. The van der Waals surface area contributed by atoms with Crippen molar-refractivity contribution in [2.75, 3.05) is 13.4 Å². The maximum absolute atomic E-state index is 12.6. The van der Waals surface area contributed by atoms with Crippen LogP contribution in [-0.4, -0.2) is 19.3 Å². The first-order valence-electron chi connectivity index (χ1n) is 7.63. The molecule has 24 heavy (non-hydrogen) atoms. The molecular weight excluding hydrogens is 322 g/mol. The van der Waals surface area contributed by atoms with E-state index in [1.807, 2.05) is 55.6 Å². The molecule has 0 radical (unpaired) electrons. The molecular formula is C19H19NO3S. The molecule has 2 aromatic carbocycles. The normalized spacial score (nSPS) is 12.1. The minimum atomic E-state index is -0.241. The van der Waals surface area contributed by atoms with Crippen LogP contribution in [0, 0.1) is 0 Å². The topological polar surface area (TPSA) is 51.5 Å². The molecule has 4 nitrogen and oxygen atoms in total. The molecule has 1 aromatic heterocycles. The van der Waals surface area contributed by atoms with Crippen LogP contribution >= 0.6 is 11.8 Å². The second-order valence-corrected chi connectivity index (χ2v) is 6.33. The lowest BCUT2D eigenvalue weighted by Gasteiger charge is -2.14. The summed E-state index contributed by atoms with van der Waals surface area (Å²) in [5.74, 6) is 1.10. The van der Waals surface area contributed by atoms with Crippen molar-refractivity contribution in [2.24, 2.45) is 0 Å². The van der Waals surface area contributed by atoms with Gasteiger partial charge in [0.05, 0.1) is 18.7 Å². The summed E-state index contributed by atoms with van der Waals surface area (Å²) in [7, 11) is 1.57. The van der Waals surface area contributed by atoms with Crippen molar-refractivity contribution in [3.63, 3.8) is 0 Å². The van der Waals surface area contributed by atoms with Crippen LogP contribution in [-0.2, 0) is 0 Å². The third-order valence-electron chi connectivity index (χ3n) is 3.87. The molecule has 1 atom stereocenters. The number of fused-ring (bicyclic) bond motifs is 1. The zero-order chi connectivity index (χ0) is 17.1. The Morgan fingerprint density at radius 3 is 2.71 bits per heavy atom. The SMILES string of the molecule is COc1cc(SC)ccc1C(=O)NC(C)c1cc2ccccc2o1.